The van der Waals surface area contributed by atoms with Gasteiger partial charge >= 0.3 is 11.7 Å². The molecule has 0 aliphatic carbocycles. The summed E-state index contributed by atoms with van der Waals surface area (Å²) < 4.78 is 27.7. The number of aromatic amines is 2. The minimum Gasteiger partial charge on any atom is -0.350 e. The molecule has 0 fully saturated rings. The Morgan fingerprint density at radius 3 is 2.53 bits per heavy atom. The van der Waals surface area contributed by atoms with Gasteiger partial charge in [-0.3, -0.25) is 14.6 Å². The highest BCUT2D eigenvalue weighted by molar-refractivity contribution is 5.89. The number of anilines is 1. The number of carbonyl (C=O) groups is 2. The molecule has 1 aromatic carbocycles. The molecule has 3 amide bonds. The van der Waals surface area contributed by atoms with Crippen LogP contribution in [0, 0.1) is 11.6 Å². The lowest BCUT2D eigenvalue weighted by atomic mass is 10.0. The molecule has 0 radical (unpaired) electrons. The molecule has 3 rings (SSSR count). The zero-order valence-electron chi connectivity index (χ0n) is 18.2. The van der Waals surface area contributed by atoms with E-state index < -0.39 is 34.5 Å². The topological polar surface area (TPSA) is 167 Å². The second-order valence-corrected chi connectivity index (χ2v) is 7.97. The van der Waals surface area contributed by atoms with Gasteiger partial charge in [-0.1, -0.05) is 5.21 Å². The lowest BCUT2D eigenvalue weighted by molar-refractivity contribution is -0.123. The number of benzene rings is 1. The molecule has 2 aromatic heterocycles. The van der Waals surface area contributed by atoms with Gasteiger partial charge in [0.1, 0.15) is 5.69 Å². The summed E-state index contributed by atoms with van der Waals surface area (Å²) in [6.07, 6.45) is 1.56. The number of rotatable bonds is 8. The molecule has 0 saturated heterocycles. The second kappa shape index (κ2) is 10.1. The Kier molecular flexibility index (Phi) is 7.18. The maximum absolute atomic E-state index is 13.2. The molecule has 0 aliphatic heterocycles. The molecular formula is C20H22F2N8O4. The highest BCUT2D eigenvalue weighted by Gasteiger charge is 2.26. The molecule has 0 aliphatic rings. The van der Waals surface area contributed by atoms with Gasteiger partial charge in [-0.25, -0.2) is 23.1 Å². The first-order valence-electron chi connectivity index (χ1n) is 10.0. The SMILES string of the molecule is CC(C)(CC(=O)NCc1cc(=O)[nH]c(=O)[nH]1)n1cc(CNC(=O)Nc2ccc(F)c(F)c2)nn1. The van der Waals surface area contributed by atoms with Crippen molar-refractivity contribution in [3.8, 4) is 0 Å². The minimum absolute atomic E-state index is 0.00625. The van der Waals surface area contributed by atoms with Crippen LogP contribution in [0.5, 0.6) is 0 Å². The van der Waals surface area contributed by atoms with Crippen LogP contribution in [0.15, 0.2) is 40.1 Å². The Balaban J connectivity index is 1.51. The molecule has 0 saturated carbocycles. The fraction of sp³-hybridized carbons (Fsp3) is 0.300. The van der Waals surface area contributed by atoms with E-state index in [1.807, 2.05) is 4.98 Å². The van der Waals surface area contributed by atoms with Gasteiger partial charge in [-0.05, 0) is 26.0 Å². The van der Waals surface area contributed by atoms with Gasteiger partial charge in [-0.2, -0.15) is 0 Å². The predicted molar refractivity (Wildman–Crippen MR) is 116 cm³/mol. The van der Waals surface area contributed by atoms with Crippen molar-refractivity contribution in [2.45, 2.75) is 38.9 Å². The van der Waals surface area contributed by atoms with Gasteiger partial charge in [0.2, 0.25) is 5.91 Å². The zero-order chi connectivity index (χ0) is 24.9. The number of nitrogens with zero attached hydrogens (tertiary/aromatic N) is 3. The van der Waals surface area contributed by atoms with E-state index in [1.165, 1.54) is 16.8 Å². The summed E-state index contributed by atoms with van der Waals surface area (Å²) >= 11 is 0. The van der Waals surface area contributed by atoms with E-state index in [-0.39, 0.29) is 36.8 Å². The van der Waals surface area contributed by atoms with Gasteiger partial charge in [0, 0.05) is 23.5 Å². The zero-order valence-corrected chi connectivity index (χ0v) is 18.2. The van der Waals surface area contributed by atoms with Crippen LogP contribution in [0.4, 0.5) is 19.3 Å². The number of H-pyrrole nitrogens is 2. The fourth-order valence-electron chi connectivity index (χ4n) is 2.94. The smallest absolute Gasteiger partial charge is 0.325 e. The number of aromatic nitrogens is 5. The van der Waals surface area contributed by atoms with Crippen LogP contribution in [0.2, 0.25) is 0 Å². The Hall–Kier alpha value is -4.36. The maximum Gasteiger partial charge on any atom is 0.325 e. The standard InChI is InChI=1S/C20H22F2N8O4/c1-20(2,7-17(32)23-8-12-6-16(31)27-19(34)26-12)30-10-13(28-29-30)9-24-18(33)25-11-3-4-14(21)15(22)5-11/h3-6,10H,7-9H2,1-2H3,(H,23,32)(H2,24,25,33)(H2,26,27,31,34). The van der Waals surface area contributed by atoms with E-state index in [0.29, 0.717) is 5.69 Å². The first-order chi connectivity index (χ1) is 16.0. The van der Waals surface area contributed by atoms with Gasteiger partial charge in [0.15, 0.2) is 11.6 Å². The molecule has 180 valence electrons. The summed E-state index contributed by atoms with van der Waals surface area (Å²) in [5, 5.41) is 15.5. The van der Waals surface area contributed by atoms with Crippen LogP contribution in [-0.4, -0.2) is 36.9 Å². The maximum atomic E-state index is 13.2. The second-order valence-electron chi connectivity index (χ2n) is 7.97. The van der Waals surface area contributed by atoms with Crippen molar-refractivity contribution in [1.29, 1.82) is 0 Å². The number of amides is 3. The Morgan fingerprint density at radius 2 is 1.82 bits per heavy atom. The first kappa shape index (κ1) is 24.3. The third-order valence-corrected chi connectivity index (χ3v) is 4.65. The normalized spacial score (nSPS) is 11.2. The van der Waals surface area contributed by atoms with Crippen LogP contribution in [0.1, 0.15) is 31.7 Å². The molecular weight excluding hydrogens is 454 g/mol. The van der Waals surface area contributed by atoms with Crippen molar-refractivity contribution in [1.82, 2.24) is 35.6 Å². The molecule has 2 heterocycles. The average Bonchev–Trinajstić information content (AvgIpc) is 3.23. The van der Waals surface area contributed by atoms with Gasteiger partial charge in [-0.15, -0.1) is 5.10 Å². The van der Waals surface area contributed by atoms with Gasteiger partial charge in [0.25, 0.3) is 5.56 Å². The quantitative estimate of drug-likeness (QED) is 0.321. The molecule has 5 N–H and O–H groups in total. The van der Waals surface area contributed by atoms with Crippen molar-refractivity contribution >= 4 is 17.6 Å². The number of urea groups is 1. The van der Waals surface area contributed by atoms with Crippen LogP contribution >= 0.6 is 0 Å². The fourth-order valence-corrected chi connectivity index (χ4v) is 2.94. The van der Waals surface area contributed by atoms with E-state index in [0.717, 1.165) is 12.1 Å². The highest BCUT2D eigenvalue weighted by Crippen LogP contribution is 2.19. The van der Waals surface area contributed by atoms with E-state index in [2.05, 4.69) is 31.2 Å². The molecule has 0 atom stereocenters. The van der Waals surface area contributed by atoms with Crippen molar-refractivity contribution in [2.75, 3.05) is 5.32 Å². The van der Waals surface area contributed by atoms with Crippen LogP contribution in [0.3, 0.4) is 0 Å². The van der Waals surface area contributed by atoms with Gasteiger partial charge in [0.05, 0.1) is 31.2 Å². The molecule has 0 bridgehead atoms. The summed E-state index contributed by atoms with van der Waals surface area (Å²) in [4.78, 5) is 51.4. The molecule has 34 heavy (non-hydrogen) atoms. The number of hydrogen-bond acceptors (Lipinski definition) is 6. The number of carbonyl (C=O) groups excluding carboxylic acids is 2. The largest absolute Gasteiger partial charge is 0.350 e. The summed E-state index contributed by atoms with van der Waals surface area (Å²) in [6.45, 7) is 3.47. The monoisotopic (exact) mass is 476 g/mol. The molecule has 0 spiro atoms. The van der Waals surface area contributed by atoms with Crippen molar-refractivity contribution in [3.63, 3.8) is 0 Å². The number of hydrogen-bond donors (Lipinski definition) is 5. The summed E-state index contributed by atoms with van der Waals surface area (Å²) in [5.74, 6) is -2.46. The molecule has 3 aromatic rings. The summed E-state index contributed by atoms with van der Waals surface area (Å²) in [6, 6.07) is 3.48. The average molecular weight is 476 g/mol. The van der Waals surface area contributed by atoms with Crippen LogP contribution in [0.25, 0.3) is 0 Å². The minimum atomic E-state index is -1.09. The number of halogens is 2. The van der Waals surface area contributed by atoms with Crippen LogP contribution < -0.4 is 27.2 Å². The van der Waals surface area contributed by atoms with Crippen LogP contribution in [-0.2, 0) is 23.4 Å². The first-order valence-corrected chi connectivity index (χ1v) is 10.0. The summed E-state index contributed by atoms with van der Waals surface area (Å²) in [7, 11) is 0. The molecule has 0 unspecified atom stereocenters. The lowest BCUT2D eigenvalue weighted by Gasteiger charge is -2.23. The van der Waals surface area contributed by atoms with Crippen molar-refractivity contribution in [3.05, 3.63) is 74.3 Å². The van der Waals surface area contributed by atoms with E-state index >= 15 is 0 Å². The third kappa shape index (κ3) is 6.57. The van der Waals surface area contributed by atoms with E-state index in [4.69, 9.17) is 0 Å². The lowest BCUT2D eigenvalue weighted by Crippen LogP contribution is -2.36. The predicted octanol–water partition coefficient (Wildman–Crippen LogP) is 0.696. The Labute approximate surface area is 190 Å². The van der Waals surface area contributed by atoms with Gasteiger partial charge < -0.3 is 20.9 Å². The Morgan fingerprint density at radius 1 is 1.06 bits per heavy atom. The number of nitrogens with one attached hydrogen (secondary N) is 5. The van der Waals surface area contributed by atoms with Crippen molar-refractivity contribution in [2.24, 2.45) is 0 Å². The van der Waals surface area contributed by atoms with Crippen molar-refractivity contribution < 1.29 is 18.4 Å². The third-order valence-electron chi connectivity index (χ3n) is 4.65. The van der Waals surface area contributed by atoms with E-state index in [9.17, 15) is 28.0 Å². The summed E-state index contributed by atoms with van der Waals surface area (Å²) in [5.41, 5.74) is -1.29. The molecule has 14 heteroatoms. The molecule has 12 nitrogen and oxygen atoms in total. The Bertz CT molecular complexity index is 1290. The highest BCUT2D eigenvalue weighted by atomic mass is 19.2. The van der Waals surface area contributed by atoms with E-state index in [1.54, 1.807) is 20.0 Å².